The van der Waals surface area contributed by atoms with Crippen molar-refractivity contribution in [2.45, 2.75) is 19.9 Å². The van der Waals surface area contributed by atoms with Crippen LogP contribution in [-0.4, -0.2) is 18.0 Å². The SMILES string of the molecule is CON=[N+]([O-])C(C)C. The molecule has 0 spiro atoms. The van der Waals surface area contributed by atoms with Crippen LogP contribution in [0.3, 0.4) is 0 Å². The van der Waals surface area contributed by atoms with E-state index in [0.717, 1.165) is 0 Å². The van der Waals surface area contributed by atoms with E-state index in [1.165, 1.54) is 7.11 Å². The Labute approximate surface area is 48.3 Å². The largest absolute Gasteiger partial charge is 0.597 e. The molecule has 0 aliphatic rings. The van der Waals surface area contributed by atoms with Gasteiger partial charge in [0.1, 0.15) is 7.11 Å². The Morgan fingerprint density at radius 2 is 2.12 bits per heavy atom. The molecular formula is C4H10N2O2. The van der Waals surface area contributed by atoms with Gasteiger partial charge in [-0.05, 0) is 0 Å². The van der Waals surface area contributed by atoms with Crippen molar-refractivity contribution < 1.29 is 9.70 Å². The molecule has 0 unspecified atom stereocenters. The lowest BCUT2D eigenvalue weighted by Crippen LogP contribution is -2.10. The van der Waals surface area contributed by atoms with Crippen LogP contribution in [0.4, 0.5) is 0 Å². The van der Waals surface area contributed by atoms with Gasteiger partial charge in [-0.3, -0.25) is 0 Å². The number of hydroxylamine groups is 1. The fraction of sp³-hybridized carbons (Fsp3) is 1.00. The molecular weight excluding hydrogens is 108 g/mol. The van der Waals surface area contributed by atoms with Crippen molar-refractivity contribution in [3.8, 4) is 0 Å². The van der Waals surface area contributed by atoms with Gasteiger partial charge in [0.25, 0.3) is 0 Å². The molecule has 0 aliphatic heterocycles. The monoisotopic (exact) mass is 118 g/mol. The minimum atomic E-state index is -0.144. The maximum absolute atomic E-state index is 10.4. The lowest BCUT2D eigenvalue weighted by atomic mass is 10.4. The Hall–Kier alpha value is -0.800. The second-order valence-corrected chi connectivity index (χ2v) is 1.66. The van der Waals surface area contributed by atoms with Crippen molar-refractivity contribution in [2.24, 2.45) is 5.28 Å². The quantitative estimate of drug-likeness (QED) is 0.307. The van der Waals surface area contributed by atoms with E-state index < -0.39 is 0 Å². The van der Waals surface area contributed by atoms with Crippen molar-refractivity contribution in [3.63, 3.8) is 0 Å². The molecule has 0 fully saturated rings. The van der Waals surface area contributed by atoms with Gasteiger partial charge < -0.3 is 10.0 Å². The summed E-state index contributed by atoms with van der Waals surface area (Å²) in [6, 6.07) is -0.144. The van der Waals surface area contributed by atoms with Gasteiger partial charge in [0.05, 0.1) is 0 Å². The van der Waals surface area contributed by atoms with Crippen molar-refractivity contribution >= 4 is 0 Å². The van der Waals surface area contributed by atoms with Gasteiger partial charge in [-0.1, -0.05) is 4.86 Å². The third kappa shape index (κ3) is 2.39. The Kier molecular flexibility index (Phi) is 2.91. The van der Waals surface area contributed by atoms with Gasteiger partial charge in [-0.15, -0.1) is 0 Å². The van der Waals surface area contributed by atoms with Crippen LogP contribution in [0.15, 0.2) is 5.28 Å². The zero-order chi connectivity index (χ0) is 6.57. The fourth-order valence-electron chi connectivity index (χ4n) is 0.175. The summed E-state index contributed by atoms with van der Waals surface area (Å²) in [5, 5.41) is 13.5. The average Bonchev–Trinajstić information content (AvgIpc) is 1.67. The average molecular weight is 118 g/mol. The minimum absolute atomic E-state index is 0.144. The number of rotatable bonds is 2. The summed E-state index contributed by atoms with van der Waals surface area (Å²) >= 11 is 0. The van der Waals surface area contributed by atoms with Crippen LogP contribution in [0.2, 0.25) is 0 Å². The van der Waals surface area contributed by atoms with Crippen LogP contribution in [-0.2, 0) is 4.84 Å². The van der Waals surface area contributed by atoms with Gasteiger partial charge in [0, 0.05) is 13.8 Å². The predicted octanol–water partition coefficient (Wildman–Crippen LogP) is 0.919. The van der Waals surface area contributed by atoms with Gasteiger partial charge in [-0.2, -0.15) is 0 Å². The zero-order valence-electron chi connectivity index (χ0n) is 5.29. The standard InChI is InChI=1S/C4H10N2O2/c1-4(2)6(7)5-8-3/h4H,1-3H3. The van der Waals surface area contributed by atoms with Crippen LogP contribution < -0.4 is 0 Å². The van der Waals surface area contributed by atoms with Crippen LogP contribution in [0, 0.1) is 5.21 Å². The first-order valence-electron chi connectivity index (χ1n) is 2.39. The Bertz CT molecular complexity index is 90.0. The third-order valence-corrected chi connectivity index (χ3v) is 0.604. The van der Waals surface area contributed by atoms with E-state index in [4.69, 9.17) is 0 Å². The summed E-state index contributed by atoms with van der Waals surface area (Å²) in [6.07, 6.45) is 0. The molecule has 4 heteroatoms. The van der Waals surface area contributed by atoms with Crippen molar-refractivity contribution in [2.75, 3.05) is 7.11 Å². The maximum atomic E-state index is 10.4. The molecule has 0 aromatic carbocycles. The molecule has 0 atom stereocenters. The van der Waals surface area contributed by atoms with Crippen LogP contribution >= 0.6 is 0 Å². The van der Waals surface area contributed by atoms with E-state index in [9.17, 15) is 5.21 Å². The van der Waals surface area contributed by atoms with Gasteiger partial charge in [0.2, 0.25) is 0 Å². The van der Waals surface area contributed by atoms with Crippen LogP contribution in [0.25, 0.3) is 0 Å². The molecule has 0 aromatic rings. The molecule has 0 aromatic heterocycles. The Morgan fingerprint density at radius 1 is 1.62 bits per heavy atom. The molecule has 48 valence electrons. The molecule has 8 heavy (non-hydrogen) atoms. The van der Waals surface area contributed by atoms with E-state index in [1.54, 1.807) is 13.8 Å². The zero-order valence-corrected chi connectivity index (χ0v) is 5.29. The van der Waals surface area contributed by atoms with E-state index in [2.05, 4.69) is 10.1 Å². The van der Waals surface area contributed by atoms with Gasteiger partial charge in [-0.25, -0.2) is 0 Å². The highest BCUT2D eigenvalue weighted by Crippen LogP contribution is 1.86. The van der Waals surface area contributed by atoms with Gasteiger partial charge in [0.15, 0.2) is 11.3 Å². The van der Waals surface area contributed by atoms with Gasteiger partial charge >= 0.3 is 0 Å². The summed E-state index contributed by atoms with van der Waals surface area (Å²) in [7, 11) is 1.34. The molecule has 0 rings (SSSR count). The number of nitrogens with zero attached hydrogens (tertiary/aromatic N) is 2. The van der Waals surface area contributed by atoms with E-state index in [1.807, 2.05) is 0 Å². The maximum Gasteiger partial charge on any atom is 0.199 e. The highest BCUT2D eigenvalue weighted by atomic mass is 16.7. The van der Waals surface area contributed by atoms with E-state index >= 15 is 0 Å². The highest BCUT2D eigenvalue weighted by molar-refractivity contribution is 4.26. The molecule has 0 bridgehead atoms. The lowest BCUT2D eigenvalue weighted by molar-refractivity contribution is -0.585. The highest BCUT2D eigenvalue weighted by Gasteiger charge is 1.99. The second kappa shape index (κ2) is 3.23. The predicted molar refractivity (Wildman–Crippen MR) is 28.2 cm³/mol. The minimum Gasteiger partial charge on any atom is -0.597 e. The first-order valence-corrected chi connectivity index (χ1v) is 2.39. The van der Waals surface area contributed by atoms with Crippen LogP contribution in [0.5, 0.6) is 0 Å². The Balaban J connectivity index is 3.61. The summed E-state index contributed by atoms with van der Waals surface area (Å²) in [5.41, 5.74) is 0. The third-order valence-electron chi connectivity index (χ3n) is 0.604. The Morgan fingerprint density at radius 3 is 2.25 bits per heavy atom. The molecule has 0 aliphatic carbocycles. The first-order chi connectivity index (χ1) is 3.68. The summed E-state index contributed by atoms with van der Waals surface area (Å²) < 4.78 is 0. The first kappa shape index (κ1) is 7.20. The van der Waals surface area contributed by atoms with E-state index in [-0.39, 0.29) is 6.04 Å². The molecule has 0 amide bonds. The van der Waals surface area contributed by atoms with Crippen molar-refractivity contribution in [3.05, 3.63) is 5.21 Å². The smallest absolute Gasteiger partial charge is 0.199 e. The molecule has 0 radical (unpaired) electrons. The number of hydrogen-bond acceptors (Lipinski definition) is 3. The normalized spacial score (nSPS) is 12.2. The molecule has 0 saturated carbocycles. The summed E-state index contributed by atoms with van der Waals surface area (Å²) in [4.78, 5) is 4.70. The molecule has 0 heterocycles. The van der Waals surface area contributed by atoms with Crippen molar-refractivity contribution in [1.82, 2.24) is 0 Å². The fourth-order valence-corrected chi connectivity index (χ4v) is 0.175. The topological polar surface area (TPSA) is 47.7 Å². The lowest BCUT2D eigenvalue weighted by Gasteiger charge is -1.99. The molecule has 0 N–H and O–H groups in total. The molecule has 4 nitrogen and oxygen atoms in total. The summed E-state index contributed by atoms with van der Waals surface area (Å²) in [6.45, 7) is 3.46. The van der Waals surface area contributed by atoms with Crippen LogP contribution in [0.1, 0.15) is 13.8 Å². The second-order valence-electron chi connectivity index (χ2n) is 1.66. The summed E-state index contributed by atoms with van der Waals surface area (Å²) in [5.74, 6) is 0. The van der Waals surface area contributed by atoms with Crippen molar-refractivity contribution in [1.29, 1.82) is 0 Å². The van der Waals surface area contributed by atoms with E-state index in [0.29, 0.717) is 4.86 Å². The molecule has 0 saturated heterocycles. The number of hydrogen-bond donors (Lipinski definition) is 0.